The molecule has 24 heteroatoms. The summed E-state index contributed by atoms with van der Waals surface area (Å²) >= 11 is 1.68. The smallest absolute Gasteiger partial charge is 0.458 e. The van der Waals surface area contributed by atoms with Gasteiger partial charge in [-0.15, -0.1) is 0 Å². The molecule has 2 unspecified atom stereocenters. The van der Waals surface area contributed by atoms with Gasteiger partial charge in [0.15, 0.2) is 5.16 Å². The van der Waals surface area contributed by atoms with Gasteiger partial charge >= 0.3 is 12.1 Å². The third kappa shape index (κ3) is 19.2. The summed E-state index contributed by atoms with van der Waals surface area (Å²) in [4.78, 5) is 105. The van der Waals surface area contributed by atoms with E-state index >= 15 is 0 Å². The SMILES string of the molecule is CCC(CC)Sc1ncc(C#CCCCC(=O)NCC(C)(C)COCC(C)CNC(=O)COCC(=O)NCC(=O)Nc2ccc(COC(=O)O[C@@H]3C(=O)OCc4c3cc3n(c4=O)Cc4c-3nc3ccccc3c4CCN(C(C)C)S(C)=O)c(C)c2)cn1. The first-order chi connectivity index (χ1) is 41.6. The fraction of sp³-hybridized carbons (Fsp3) is 0.492. The van der Waals surface area contributed by atoms with E-state index in [1.54, 1.807) is 66.2 Å². The third-order valence-corrected chi connectivity index (χ3v) is 17.3. The maximum atomic E-state index is 14.1. The number of nitrogens with zero attached hydrogens (tertiary/aromatic N) is 5. The van der Waals surface area contributed by atoms with E-state index in [1.807, 2.05) is 63.2 Å². The molecule has 2 aliphatic heterocycles. The molecule has 0 saturated heterocycles. The van der Waals surface area contributed by atoms with Gasteiger partial charge < -0.3 is 49.5 Å². The van der Waals surface area contributed by atoms with Crippen LogP contribution < -0.4 is 26.8 Å². The second kappa shape index (κ2) is 31.9. The number of fused-ring (bicyclic) bond motifs is 5. The molecule has 3 aromatic heterocycles. The number of nitrogens with one attached hydrogen (secondary N) is 4. The molecule has 2 aliphatic rings. The van der Waals surface area contributed by atoms with Crippen LogP contribution in [-0.2, 0) is 84.8 Å². The monoisotopic (exact) mass is 1230 g/mol. The fourth-order valence-corrected chi connectivity index (χ4v) is 11.6. The predicted molar refractivity (Wildman–Crippen MR) is 330 cm³/mol. The number of aryl methyl sites for hydroxylation is 1. The summed E-state index contributed by atoms with van der Waals surface area (Å²) in [5, 5.41) is 13.1. The number of unbranched alkanes of at least 4 members (excludes halogenated alkanes) is 1. The van der Waals surface area contributed by atoms with E-state index in [0.29, 0.717) is 97.5 Å². The maximum Gasteiger partial charge on any atom is 0.509 e. The van der Waals surface area contributed by atoms with E-state index in [9.17, 15) is 37.8 Å². The minimum absolute atomic E-state index is 0.0326. The van der Waals surface area contributed by atoms with Gasteiger partial charge in [-0.3, -0.25) is 24.0 Å². The molecular weight excluding hydrogens is 1150 g/mol. The summed E-state index contributed by atoms with van der Waals surface area (Å²) in [5.41, 5.74) is 5.49. The van der Waals surface area contributed by atoms with Gasteiger partial charge in [0, 0.05) is 90.0 Å². The molecule has 4 amide bonds. The van der Waals surface area contributed by atoms with Gasteiger partial charge in [0.05, 0.1) is 65.3 Å². The minimum atomic E-state index is -1.59. The molecule has 4 N–H and O–H groups in total. The lowest BCUT2D eigenvalue weighted by molar-refractivity contribution is -0.159. The Bertz CT molecular complexity index is 3450. The first-order valence-corrected chi connectivity index (χ1v) is 31.6. The summed E-state index contributed by atoms with van der Waals surface area (Å²) in [5.74, 6) is 3.64. The Hall–Kier alpha value is -7.56. The molecule has 0 saturated carbocycles. The highest BCUT2D eigenvalue weighted by atomic mass is 32.2. The first-order valence-electron chi connectivity index (χ1n) is 29.2. The van der Waals surface area contributed by atoms with E-state index < -0.39 is 59.1 Å². The predicted octanol–water partition coefficient (Wildman–Crippen LogP) is 7.01. The van der Waals surface area contributed by atoms with Crippen molar-refractivity contribution in [2.45, 2.75) is 136 Å². The van der Waals surface area contributed by atoms with E-state index in [-0.39, 0.29) is 67.3 Å². The van der Waals surface area contributed by atoms with Gasteiger partial charge in [-0.1, -0.05) is 82.5 Å². The Balaban J connectivity index is 0.768. The van der Waals surface area contributed by atoms with E-state index in [2.05, 4.69) is 56.9 Å². The van der Waals surface area contributed by atoms with E-state index in [1.165, 1.54) is 0 Å². The Morgan fingerprint density at radius 2 is 1.67 bits per heavy atom. The van der Waals surface area contributed by atoms with Crippen LogP contribution in [0.1, 0.15) is 126 Å². The second-order valence-electron chi connectivity index (χ2n) is 22.6. The van der Waals surface area contributed by atoms with Crippen LogP contribution in [0.4, 0.5) is 10.5 Å². The highest BCUT2D eigenvalue weighted by molar-refractivity contribution is 7.99. The molecule has 22 nitrogen and oxygen atoms in total. The lowest BCUT2D eigenvalue weighted by atomic mass is 9.94. The normalized spacial score (nSPS) is 14.1. The quantitative estimate of drug-likeness (QED) is 0.0116. The number of ether oxygens (including phenoxy) is 5. The standard InChI is InChI=1S/C63H79N9O13S2/c1-10-45(11-2)86-61-66-28-42(29-67-61)17-13-12-14-20-53(73)68-37-63(7,8)38-82-32-40(5)27-64-55(75)35-81-36-56(76)65-30-54(74)69-44-22-21-43(41(6)25-44)33-84-62(79)85-58-48-26-52-57-49(31-71(52)59(77)50(48)34-83-60(58)78)46(23-24-72(39(3)4)87(9)80)47-18-15-16-19-51(47)70-57/h15-16,18-19,21-22,25-26,28-29,39-40,45,58H,10-12,14,20,23-24,27,30-38H2,1-9H3,(H,64,75)(H,65,76)(H,68,73)(H,69,74)/t40?,58-,87?/m0/s1. The van der Waals surface area contributed by atoms with Crippen molar-refractivity contribution in [3.05, 3.63) is 110 Å². The Morgan fingerprint density at radius 1 is 0.931 bits per heavy atom. The Labute approximate surface area is 514 Å². The number of carbonyl (C=O) groups is 6. The number of cyclic esters (lactones) is 1. The molecule has 5 heterocycles. The molecule has 0 fully saturated rings. The molecule has 87 heavy (non-hydrogen) atoms. The molecule has 0 radical (unpaired) electrons. The lowest BCUT2D eigenvalue weighted by Crippen LogP contribution is -2.38. The van der Waals surface area contributed by atoms with E-state index in [0.717, 1.165) is 40.1 Å². The number of carbonyl (C=O) groups excluding carboxylic acids is 6. The Kier molecular flexibility index (Phi) is 24.5. The number of thioether (sulfide) groups is 1. The van der Waals surface area contributed by atoms with Gasteiger partial charge in [-0.05, 0) is 93.3 Å². The topological polar surface area (TPSA) is 278 Å². The molecule has 3 atom stereocenters. The van der Waals surface area contributed by atoms with Crippen LogP contribution >= 0.6 is 11.8 Å². The van der Waals surface area contributed by atoms with Crippen LogP contribution in [-0.4, -0.2) is 134 Å². The lowest BCUT2D eigenvalue weighted by Gasteiger charge is -2.25. The van der Waals surface area contributed by atoms with Crippen molar-refractivity contribution in [1.29, 1.82) is 0 Å². The van der Waals surface area contributed by atoms with Crippen molar-refractivity contribution in [1.82, 2.24) is 39.8 Å². The maximum absolute atomic E-state index is 14.1. The van der Waals surface area contributed by atoms with E-state index in [4.69, 9.17) is 28.7 Å². The van der Waals surface area contributed by atoms with Gasteiger partial charge in [0.25, 0.3) is 5.56 Å². The number of anilines is 1. The summed E-state index contributed by atoms with van der Waals surface area (Å²) in [7, 11) is -1.20. The molecule has 0 aliphatic carbocycles. The zero-order valence-electron chi connectivity index (χ0n) is 51.0. The number of hydrogen-bond acceptors (Lipinski definition) is 17. The summed E-state index contributed by atoms with van der Waals surface area (Å²) < 4.78 is 43.6. The number of pyridine rings is 2. The average Bonchev–Trinajstić information content (AvgIpc) is 1.77. The van der Waals surface area contributed by atoms with Gasteiger partial charge in [-0.2, -0.15) is 0 Å². The molecule has 466 valence electrons. The van der Waals surface area contributed by atoms with Crippen LogP contribution in [0.3, 0.4) is 0 Å². The van der Waals surface area contributed by atoms with Crippen molar-refractivity contribution >= 4 is 75.1 Å². The van der Waals surface area contributed by atoms with Crippen LogP contribution in [0.5, 0.6) is 0 Å². The second-order valence-corrected chi connectivity index (χ2v) is 25.2. The van der Waals surface area contributed by atoms with Crippen molar-refractivity contribution in [3.63, 3.8) is 0 Å². The van der Waals surface area contributed by atoms with Crippen LogP contribution in [0.2, 0.25) is 0 Å². The van der Waals surface area contributed by atoms with Crippen LogP contribution in [0.15, 0.2) is 70.9 Å². The van der Waals surface area contributed by atoms with Crippen LogP contribution in [0, 0.1) is 30.1 Å². The molecule has 5 aromatic rings. The number of aromatic nitrogens is 4. The third-order valence-electron chi connectivity index (χ3n) is 14.6. The number of para-hydroxylation sites is 1. The molecule has 2 aromatic carbocycles. The molecule has 7 rings (SSSR count). The number of hydrogen-bond donors (Lipinski definition) is 4. The zero-order valence-corrected chi connectivity index (χ0v) is 52.6. The number of benzene rings is 2. The van der Waals surface area contributed by atoms with Crippen molar-refractivity contribution in [3.8, 4) is 23.2 Å². The zero-order chi connectivity index (χ0) is 62.8. The summed E-state index contributed by atoms with van der Waals surface area (Å²) in [6, 6.07) is 14.2. The minimum Gasteiger partial charge on any atom is -0.458 e. The van der Waals surface area contributed by atoms with Gasteiger partial charge in [-0.25, -0.2) is 33.1 Å². The van der Waals surface area contributed by atoms with Gasteiger partial charge in [0.2, 0.25) is 29.7 Å². The fourth-order valence-electron chi connectivity index (χ4n) is 9.78. The largest absolute Gasteiger partial charge is 0.509 e. The Morgan fingerprint density at radius 3 is 2.38 bits per heavy atom. The van der Waals surface area contributed by atoms with Crippen LogP contribution in [0.25, 0.3) is 22.3 Å². The summed E-state index contributed by atoms with van der Waals surface area (Å²) in [6.45, 7) is 16.4. The number of rotatable bonds is 30. The van der Waals surface area contributed by atoms with Crippen molar-refractivity contribution in [2.24, 2.45) is 11.3 Å². The highest BCUT2D eigenvalue weighted by Gasteiger charge is 2.39. The number of esters is 1. The van der Waals surface area contributed by atoms with Crippen molar-refractivity contribution in [2.75, 3.05) is 64.2 Å². The molecular formula is C63H79N9O13S2. The van der Waals surface area contributed by atoms with Gasteiger partial charge in [0.1, 0.15) is 26.4 Å². The number of amides is 4. The molecule has 0 bridgehead atoms. The highest BCUT2D eigenvalue weighted by Crippen LogP contribution is 2.39. The van der Waals surface area contributed by atoms with Crippen molar-refractivity contribution < 1.29 is 56.7 Å². The first kappa shape index (κ1) is 67.0. The molecule has 0 spiro atoms. The average molecular weight is 1230 g/mol. The summed E-state index contributed by atoms with van der Waals surface area (Å²) in [6.07, 6.45) is 6.58.